The minimum Gasteiger partial charge on any atom is -0.493 e. The minimum atomic E-state index is -0.476. The zero-order valence-electron chi connectivity index (χ0n) is 15.5. The maximum Gasteiger partial charge on any atom is 0.269 e. The first-order valence-corrected chi connectivity index (χ1v) is 8.52. The van der Waals surface area contributed by atoms with E-state index in [1.807, 2.05) is 0 Å². The SMILES string of the molecule is COc1ccc(C=CC(=O)NC(=S)Nc2ccc([N+](=O)[O-])cc2C)cc1OC. The summed E-state index contributed by atoms with van der Waals surface area (Å²) in [5.74, 6) is 0.718. The van der Waals surface area contributed by atoms with E-state index in [0.717, 1.165) is 5.56 Å². The van der Waals surface area contributed by atoms with Crippen LogP contribution in [0.3, 0.4) is 0 Å². The third-order valence-corrected chi connectivity index (χ3v) is 3.94. The number of thiocarbonyl (C=S) groups is 1. The number of nitrogens with zero attached hydrogens (tertiary/aromatic N) is 1. The van der Waals surface area contributed by atoms with Crippen molar-refractivity contribution in [1.82, 2.24) is 5.32 Å². The number of benzene rings is 2. The Balaban J connectivity index is 1.98. The lowest BCUT2D eigenvalue weighted by Crippen LogP contribution is -2.33. The Morgan fingerprint density at radius 1 is 1.14 bits per heavy atom. The van der Waals surface area contributed by atoms with Crippen LogP contribution < -0.4 is 20.1 Å². The zero-order chi connectivity index (χ0) is 20.7. The van der Waals surface area contributed by atoms with E-state index in [1.54, 1.807) is 38.3 Å². The van der Waals surface area contributed by atoms with Crippen molar-refractivity contribution in [1.29, 1.82) is 0 Å². The molecule has 0 atom stereocenters. The number of hydrogen-bond acceptors (Lipinski definition) is 6. The number of non-ortho nitro benzene ring substituents is 1. The molecule has 0 aliphatic carbocycles. The summed E-state index contributed by atoms with van der Waals surface area (Å²) in [7, 11) is 3.07. The first-order valence-electron chi connectivity index (χ1n) is 8.11. The molecule has 146 valence electrons. The van der Waals surface area contributed by atoms with Crippen LogP contribution in [0.2, 0.25) is 0 Å². The van der Waals surface area contributed by atoms with Gasteiger partial charge in [-0.2, -0.15) is 0 Å². The molecule has 0 heterocycles. The van der Waals surface area contributed by atoms with Crippen LogP contribution in [0.25, 0.3) is 6.08 Å². The fourth-order valence-electron chi connectivity index (χ4n) is 2.34. The van der Waals surface area contributed by atoms with Crippen LogP contribution >= 0.6 is 12.2 Å². The summed E-state index contributed by atoms with van der Waals surface area (Å²) in [6, 6.07) is 9.56. The molecule has 28 heavy (non-hydrogen) atoms. The van der Waals surface area contributed by atoms with Crippen LogP contribution in [-0.4, -0.2) is 30.2 Å². The van der Waals surface area contributed by atoms with E-state index in [0.29, 0.717) is 22.7 Å². The van der Waals surface area contributed by atoms with Crippen molar-refractivity contribution < 1.29 is 19.2 Å². The summed E-state index contributed by atoms with van der Waals surface area (Å²) in [5.41, 5.74) is 1.93. The van der Waals surface area contributed by atoms with Crippen molar-refractivity contribution in [3.63, 3.8) is 0 Å². The first kappa shape index (κ1) is 20.8. The molecule has 0 fully saturated rings. The van der Waals surface area contributed by atoms with Crippen molar-refractivity contribution in [3.05, 3.63) is 63.7 Å². The Kier molecular flexibility index (Phi) is 7.05. The van der Waals surface area contributed by atoms with Gasteiger partial charge >= 0.3 is 0 Å². The number of amides is 1. The van der Waals surface area contributed by atoms with E-state index < -0.39 is 10.8 Å². The molecule has 2 N–H and O–H groups in total. The average molecular weight is 401 g/mol. The second kappa shape index (κ2) is 9.47. The first-order chi connectivity index (χ1) is 13.3. The van der Waals surface area contributed by atoms with Gasteiger partial charge in [-0.3, -0.25) is 20.2 Å². The maximum absolute atomic E-state index is 12.1. The van der Waals surface area contributed by atoms with E-state index in [2.05, 4.69) is 10.6 Å². The Morgan fingerprint density at radius 3 is 2.46 bits per heavy atom. The smallest absolute Gasteiger partial charge is 0.269 e. The van der Waals surface area contributed by atoms with Crippen LogP contribution in [0.15, 0.2) is 42.5 Å². The van der Waals surface area contributed by atoms with Gasteiger partial charge in [0.2, 0.25) is 5.91 Å². The standard InChI is InChI=1S/C19H19N3O5S/c1-12-10-14(22(24)25)6-7-15(12)20-19(28)21-18(23)9-5-13-4-8-16(26-2)17(11-13)27-3/h4-11H,1-3H3,(H2,20,21,23,28). The van der Waals surface area contributed by atoms with Gasteiger partial charge in [-0.15, -0.1) is 0 Å². The molecule has 1 amide bonds. The van der Waals surface area contributed by atoms with Crippen LogP contribution in [0.1, 0.15) is 11.1 Å². The molecule has 2 rings (SSSR count). The van der Waals surface area contributed by atoms with Crippen LogP contribution in [0, 0.1) is 17.0 Å². The third-order valence-electron chi connectivity index (χ3n) is 3.74. The quantitative estimate of drug-likeness (QED) is 0.331. The van der Waals surface area contributed by atoms with Gasteiger partial charge in [0.05, 0.1) is 19.1 Å². The summed E-state index contributed by atoms with van der Waals surface area (Å²) < 4.78 is 10.4. The largest absolute Gasteiger partial charge is 0.493 e. The van der Waals surface area contributed by atoms with Gasteiger partial charge in [-0.1, -0.05) is 6.07 Å². The van der Waals surface area contributed by atoms with Crippen LogP contribution in [0.4, 0.5) is 11.4 Å². The third kappa shape index (κ3) is 5.52. The van der Waals surface area contributed by atoms with Gasteiger partial charge in [-0.05, 0) is 54.5 Å². The highest BCUT2D eigenvalue weighted by Crippen LogP contribution is 2.28. The number of hydrogen-bond donors (Lipinski definition) is 2. The highest BCUT2D eigenvalue weighted by Gasteiger charge is 2.10. The number of ether oxygens (including phenoxy) is 2. The van der Waals surface area contributed by atoms with Crippen molar-refractivity contribution in [3.8, 4) is 11.5 Å². The monoisotopic (exact) mass is 401 g/mol. The number of carbonyl (C=O) groups is 1. The summed E-state index contributed by atoms with van der Waals surface area (Å²) >= 11 is 5.11. The van der Waals surface area contributed by atoms with Gasteiger partial charge in [0.1, 0.15) is 0 Å². The number of nitro groups is 1. The topological polar surface area (TPSA) is 103 Å². The summed E-state index contributed by atoms with van der Waals surface area (Å²) in [4.78, 5) is 22.4. The van der Waals surface area contributed by atoms with Gasteiger partial charge < -0.3 is 14.8 Å². The number of aryl methyl sites for hydroxylation is 1. The molecule has 8 nitrogen and oxygen atoms in total. The average Bonchev–Trinajstić information content (AvgIpc) is 2.67. The molecule has 2 aromatic rings. The molecule has 0 bridgehead atoms. The highest BCUT2D eigenvalue weighted by molar-refractivity contribution is 7.80. The van der Waals surface area contributed by atoms with Crippen molar-refractivity contribution in [2.24, 2.45) is 0 Å². The number of carbonyl (C=O) groups excluding carboxylic acids is 1. The fourth-order valence-corrected chi connectivity index (χ4v) is 2.55. The predicted molar refractivity (Wildman–Crippen MR) is 111 cm³/mol. The maximum atomic E-state index is 12.1. The number of anilines is 1. The van der Waals surface area contributed by atoms with Crippen molar-refractivity contribution in [2.75, 3.05) is 19.5 Å². The summed E-state index contributed by atoms with van der Waals surface area (Å²) in [6.45, 7) is 1.71. The normalized spacial score (nSPS) is 10.4. The number of nitro benzene ring substituents is 1. The predicted octanol–water partition coefficient (Wildman–Crippen LogP) is 3.45. The molecule has 0 aliphatic rings. The molecule has 2 aromatic carbocycles. The molecule has 0 saturated carbocycles. The Hall–Kier alpha value is -3.46. The van der Waals surface area contributed by atoms with Gasteiger partial charge in [0.15, 0.2) is 16.6 Å². The van der Waals surface area contributed by atoms with E-state index in [9.17, 15) is 14.9 Å². The molecule has 0 aliphatic heterocycles. The Labute approximate surface area is 167 Å². The van der Waals surface area contributed by atoms with Gasteiger partial charge in [0.25, 0.3) is 5.69 Å². The molecule has 9 heteroatoms. The summed E-state index contributed by atoms with van der Waals surface area (Å²) in [5, 5.41) is 16.2. The second-order valence-electron chi connectivity index (χ2n) is 5.65. The second-order valence-corrected chi connectivity index (χ2v) is 6.06. The molecule has 0 saturated heterocycles. The molecule has 0 radical (unpaired) electrons. The zero-order valence-corrected chi connectivity index (χ0v) is 16.3. The van der Waals surface area contributed by atoms with Crippen molar-refractivity contribution in [2.45, 2.75) is 6.92 Å². The Morgan fingerprint density at radius 2 is 1.86 bits per heavy atom. The van der Waals surface area contributed by atoms with Gasteiger partial charge in [-0.25, -0.2) is 0 Å². The fraction of sp³-hybridized carbons (Fsp3) is 0.158. The van der Waals surface area contributed by atoms with Crippen molar-refractivity contribution >= 4 is 40.7 Å². The van der Waals surface area contributed by atoms with Crippen LogP contribution in [0.5, 0.6) is 11.5 Å². The number of rotatable bonds is 6. The van der Waals surface area contributed by atoms with E-state index in [1.165, 1.54) is 31.4 Å². The summed E-state index contributed by atoms with van der Waals surface area (Å²) in [6.07, 6.45) is 2.94. The molecule has 0 spiro atoms. The molecule has 0 aromatic heterocycles. The van der Waals surface area contributed by atoms with Gasteiger partial charge in [0, 0.05) is 23.9 Å². The molecular weight excluding hydrogens is 382 g/mol. The highest BCUT2D eigenvalue weighted by atomic mass is 32.1. The number of methoxy groups -OCH3 is 2. The van der Waals surface area contributed by atoms with Crippen LogP contribution in [-0.2, 0) is 4.79 Å². The lowest BCUT2D eigenvalue weighted by atomic mass is 10.2. The Bertz CT molecular complexity index is 943. The van der Waals surface area contributed by atoms with E-state index in [4.69, 9.17) is 21.7 Å². The lowest BCUT2D eigenvalue weighted by molar-refractivity contribution is -0.384. The molecular formula is C19H19N3O5S. The number of nitrogens with one attached hydrogen (secondary N) is 2. The molecule has 0 unspecified atom stereocenters. The lowest BCUT2D eigenvalue weighted by Gasteiger charge is -2.10. The van der Waals surface area contributed by atoms with E-state index in [-0.39, 0.29) is 10.8 Å². The minimum absolute atomic E-state index is 0.0177. The van der Waals surface area contributed by atoms with E-state index >= 15 is 0 Å².